The molecule has 1 aromatic carbocycles. The van der Waals surface area contributed by atoms with Crippen LogP contribution >= 0.6 is 11.3 Å². The minimum absolute atomic E-state index is 0.00399. The van der Waals surface area contributed by atoms with E-state index in [2.05, 4.69) is 18.0 Å². The van der Waals surface area contributed by atoms with Crippen molar-refractivity contribution in [2.24, 2.45) is 0 Å². The lowest BCUT2D eigenvalue weighted by molar-refractivity contribution is -0.136. The van der Waals surface area contributed by atoms with Crippen LogP contribution in [0.15, 0.2) is 48.4 Å². The Bertz CT molecular complexity index is 931. The number of aliphatic hydroxyl groups excluding tert-OH is 1. The maximum atomic E-state index is 13.5. The molecule has 34 heavy (non-hydrogen) atoms. The van der Waals surface area contributed by atoms with Gasteiger partial charge in [0.2, 0.25) is 5.91 Å². The fourth-order valence-corrected chi connectivity index (χ4v) is 5.03. The summed E-state index contributed by atoms with van der Waals surface area (Å²) < 4.78 is 17.1. The molecular formula is C26H36N2O5S. The number of amides is 1. The van der Waals surface area contributed by atoms with Crippen LogP contribution < -0.4 is 9.47 Å². The standard InChI is InChI=1S/C26H36N2O5S/c1-5-12-27(15-20(29)17-32-19(2)3)16-26(30)28-13-10-25-21(11-14-34-25)22(28)18-33-24-9-7-6-8-23(24)31-4/h5-9,11,14,19-20,22,29H,1,10,12-13,15-18H2,2-4H3/t20-,22-/m1/s1. The minimum atomic E-state index is -0.676. The lowest BCUT2D eigenvalue weighted by Gasteiger charge is -2.37. The number of carbonyl (C=O) groups excluding carboxylic acids is 1. The second-order valence-electron chi connectivity index (χ2n) is 8.63. The van der Waals surface area contributed by atoms with Crippen LogP contribution in [0.4, 0.5) is 0 Å². The number of hydrogen-bond acceptors (Lipinski definition) is 7. The van der Waals surface area contributed by atoms with Crippen molar-refractivity contribution in [2.75, 3.05) is 46.5 Å². The molecule has 3 rings (SSSR count). The molecule has 0 fully saturated rings. The molecule has 0 unspecified atom stereocenters. The second kappa shape index (κ2) is 12.9. The van der Waals surface area contributed by atoms with Gasteiger partial charge >= 0.3 is 0 Å². The summed E-state index contributed by atoms with van der Waals surface area (Å²) in [6, 6.07) is 9.43. The molecular weight excluding hydrogens is 452 g/mol. The predicted molar refractivity (Wildman–Crippen MR) is 135 cm³/mol. The van der Waals surface area contributed by atoms with Crippen LogP contribution in [0, 0.1) is 0 Å². The molecule has 0 saturated carbocycles. The maximum Gasteiger partial charge on any atom is 0.237 e. The van der Waals surface area contributed by atoms with Crippen molar-refractivity contribution in [3.05, 3.63) is 58.8 Å². The quantitative estimate of drug-likeness (QED) is 0.435. The molecule has 1 aliphatic rings. The summed E-state index contributed by atoms with van der Waals surface area (Å²) in [5, 5.41) is 12.4. The highest BCUT2D eigenvalue weighted by Crippen LogP contribution is 2.35. The maximum absolute atomic E-state index is 13.5. The Morgan fingerprint density at radius 1 is 1.32 bits per heavy atom. The minimum Gasteiger partial charge on any atom is -0.493 e. The Labute approximate surface area is 206 Å². The average Bonchev–Trinajstić information content (AvgIpc) is 3.30. The molecule has 1 amide bonds. The zero-order chi connectivity index (χ0) is 24.5. The molecule has 2 atom stereocenters. The third-order valence-corrected chi connectivity index (χ3v) is 6.71. The van der Waals surface area contributed by atoms with E-state index in [9.17, 15) is 9.90 Å². The molecule has 7 nitrogen and oxygen atoms in total. The number of fused-ring (bicyclic) bond motifs is 1. The van der Waals surface area contributed by atoms with E-state index >= 15 is 0 Å². The van der Waals surface area contributed by atoms with Crippen molar-refractivity contribution in [1.29, 1.82) is 0 Å². The van der Waals surface area contributed by atoms with Crippen LogP contribution in [0.5, 0.6) is 11.5 Å². The first-order valence-electron chi connectivity index (χ1n) is 11.7. The van der Waals surface area contributed by atoms with Gasteiger partial charge in [0, 0.05) is 24.5 Å². The Kier molecular flexibility index (Phi) is 9.95. The number of benzene rings is 1. The van der Waals surface area contributed by atoms with Crippen molar-refractivity contribution in [3.8, 4) is 11.5 Å². The molecule has 186 valence electrons. The highest BCUT2D eigenvalue weighted by atomic mass is 32.1. The fraction of sp³-hybridized carbons (Fsp3) is 0.500. The van der Waals surface area contributed by atoms with E-state index in [0.29, 0.717) is 37.7 Å². The van der Waals surface area contributed by atoms with Gasteiger partial charge in [-0.25, -0.2) is 0 Å². The van der Waals surface area contributed by atoms with E-state index in [4.69, 9.17) is 14.2 Å². The fourth-order valence-electron chi connectivity index (χ4n) is 4.10. The molecule has 1 aromatic heterocycles. The van der Waals surface area contributed by atoms with Crippen molar-refractivity contribution in [2.45, 2.75) is 38.5 Å². The van der Waals surface area contributed by atoms with Crippen LogP contribution in [0.1, 0.15) is 30.3 Å². The second-order valence-corrected chi connectivity index (χ2v) is 9.63. The summed E-state index contributed by atoms with van der Waals surface area (Å²) in [5.74, 6) is 1.32. The van der Waals surface area contributed by atoms with Gasteiger partial charge in [-0.15, -0.1) is 17.9 Å². The third kappa shape index (κ3) is 7.06. The van der Waals surface area contributed by atoms with Crippen LogP contribution in [0.3, 0.4) is 0 Å². The summed E-state index contributed by atoms with van der Waals surface area (Å²) in [6.45, 7) is 9.90. The van der Waals surface area contributed by atoms with Crippen molar-refractivity contribution in [1.82, 2.24) is 9.80 Å². The van der Waals surface area contributed by atoms with Gasteiger partial charge in [-0.1, -0.05) is 18.2 Å². The van der Waals surface area contributed by atoms with Gasteiger partial charge in [-0.2, -0.15) is 0 Å². The van der Waals surface area contributed by atoms with E-state index in [-0.39, 0.29) is 31.2 Å². The van der Waals surface area contributed by atoms with Gasteiger partial charge in [0.15, 0.2) is 11.5 Å². The number of aliphatic hydroxyl groups is 1. The summed E-state index contributed by atoms with van der Waals surface area (Å²) in [6.07, 6.45) is 1.94. The third-order valence-electron chi connectivity index (χ3n) is 5.72. The van der Waals surface area contributed by atoms with E-state index in [0.717, 1.165) is 12.0 Å². The lowest BCUT2D eigenvalue weighted by Crippen LogP contribution is -2.48. The SMILES string of the molecule is C=CCN(CC(=O)N1CCc2sccc2[C@H]1COc1ccccc1OC)C[C@@H](O)COC(C)C. The Hall–Kier alpha value is -2.39. The first-order valence-corrected chi connectivity index (χ1v) is 12.5. The summed E-state index contributed by atoms with van der Waals surface area (Å²) in [5.41, 5.74) is 1.14. The molecule has 8 heteroatoms. The highest BCUT2D eigenvalue weighted by molar-refractivity contribution is 7.10. The van der Waals surface area contributed by atoms with E-state index in [1.807, 2.05) is 47.9 Å². The van der Waals surface area contributed by atoms with E-state index < -0.39 is 6.10 Å². The zero-order valence-electron chi connectivity index (χ0n) is 20.3. The predicted octanol–water partition coefficient (Wildman–Crippen LogP) is 3.54. The number of nitrogens with zero attached hydrogens (tertiary/aromatic N) is 2. The number of rotatable bonds is 13. The number of hydrogen-bond donors (Lipinski definition) is 1. The Balaban J connectivity index is 1.70. The molecule has 0 radical (unpaired) electrons. The molecule has 0 bridgehead atoms. The first kappa shape index (κ1) is 26.2. The summed E-state index contributed by atoms with van der Waals surface area (Å²) in [7, 11) is 1.62. The first-order chi connectivity index (χ1) is 16.4. The van der Waals surface area contributed by atoms with Gasteiger partial charge < -0.3 is 24.2 Å². The molecule has 2 heterocycles. The normalized spacial score (nSPS) is 16.4. The molecule has 1 aliphatic heterocycles. The molecule has 0 aliphatic carbocycles. The molecule has 0 saturated heterocycles. The average molecular weight is 489 g/mol. The van der Waals surface area contributed by atoms with Gasteiger partial charge in [0.25, 0.3) is 0 Å². The molecule has 0 spiro atoms. The summed E-state index contributed by atoms with van der Waals surface area (Å²) in [4.78, 5) is 18.6. The van der Waals surface area contributed by atoms with Crippen molar-refractivity contribution >= 4 is 17.2 Å². The van der Waals surface area contributed by atoms with E-state index in [1.54, 1.807) is 24.5 Å². The number of thiophene rings is 1. The van der Waals surface area contributed by atoms with Gasteiger partial charge in [0.1, 0.15) is 6.61 Å². The monoisotopic (exact) mass is 488 g/mol. The summed E-state index contributed by atoms with van der Waals surface area (Å²) >= 11 is 1.72. The number of ether oxygens (including phenoxy) is 3. The number of methoxy groups -OCH3 is 1. The van der Waals surface area contributed by atoms with Crippen LogP contribution in [-0.4, -0.2) is 79.5 Å². The Morgan fingerprint density at radius 3 is 2.79 bits per heavy atom. The van der Waals surface area contributed by atoms with Crippen LogP contribution in [-0.2, 0) is 16.0 Å². The van der Waals surface area contributed by atoms with Crippen LogP contribution in [0.2, 0.25) is 0 Å². The zero-order valence-corrected chi connectivity index (χ0v) is 21.1. The smallest absolute Gasteiger partial charge is 0.237 e. The lowest BCUT2D eigenvalue weighted by atomic mass is 10.0. The molecule has 2 aromatic rings. The van der Waals surface area contributed by atoms with Gasteiger partial charge in [0.05, 0.1) is 38.5 Å². The van der Waals surface area contributed by atoms with Gasteiger partial charge in [-0.05, 0) is 49.4 Å². The topological polar surface area (TPSA) is 71.5 Å². The Morgan fingerprint density at radius 2 is 2.09 bits per heavy atom. The number of para-hydroxylation sites is 2. The van der Waals surface area contributed by atoms with Crippen molar-refractivity contribution in [3.63, 3.8) is 0 Å². The van der Waals surface area contributed by atoms with Crippen molar-refractivity contribution < 1.29 is 24.1 Å². The highest BCUT2D eigenvalue weighted by Gasteiger charge is 2.33. The number of carbonyl (C=O) groups is 1. The molecule has 1 N–H and O–H groups in total. The van der Waals surface area contributed by atoms with E-state index in [1.165, 1.54) is 4.88 Å². The van der Waals surface area contributed by atoms with Crippen LogP contribution in [0.25, 0.3) is 0 Å². The van der Waals surface area contributed by atoms with Gasteiger partial charge in [-0.3, -0.25) is 9.69 Å². The largest absolute Gasteiger partial charge is 0.493 e.